The van der Waals surface area contributed by atoms with Gasteiger partial charge < -0.3 is 24.8 Å². The van der Waals surface area contributed by atoms with E-state index < -0.39 is 0 Å². The Kier molecular flexibility index (Phi) is 9.72. The van der Waals surface area contributed by atoms with Gasteiger partial charge in [-0.25, -0.2) is 0 Å². The van der Waals surface area contributed by atoms with Crippen LogP contribution in [0.25, 0.3) is 28.9 Å². The smallest absolute Gasteiger partial charge is 1.00 e. The van der Waals surface area contributed by atoms with Gasteiger partial charge in [0.2, 0.25) is 0 Å². The second-order valence-electron chi connectivity index (χ2n) is 10.7. The SMILES string of the molecule is [C-]1=c2ccccc2=c2ccc(=C(c3ccccc3)c3ccccc3)c(C3C=Cc4c(-c5ccccc5)cccc43)c21.[Cl-].[Cl-].[Zr+3]. The van der Waals surface area contributed by atoms with E-state index in [1.807, 2.05) is 0 Å². The Morgan fingerprint density at radius 3 is 1.84 bits per heavy atom. The Labute approximate surface area is 289 Å². The zero-order valence-electron chi connectivity index (χ0n) is 23.8. The molecule has 0 nitrogen and oxygen atoms in total. The second kappa shape index (κ2) is 13.5. The fourth-order valence-electron chi connectivity index (χ4n) is 6.63. The van der Waals surface area contributed by atoms with Crippen LogP contribution in [0, 0.1) is 10.4 Å². The van der Waals surface area contributed by atoms with Crippen molar-refractivity contribution >= 4 is 17.7 Å². The Bertz CT molecular complexity index is 2150. The number of fused-ring (bicyclic) bond motifs is 3. The number of rotatable bonds is 4. The Balaban J connectivity index is 0.00000128. The summed E-state index contributed by atoms with van der Waals surface area (Å²) in [5, 5.41) is 4.95. The molecule has 0 saturated heterocycles. The zero-order chi connectivity index (χ0) is 27.2. The maximum absolute atomic E-state index is 3.85. The van der Waals surface area contributed by atoms with Crippen molar-refractivity contribution in [2.45, 2.75) is 5.92 Å². The summed E-state index contributed by atoms with van der Waals surface area (Å²) >= 11 is 0. The quantitative estimate of drug-likeness (QED) is 0.250. The van der Waals surface area contributed by atoms with Crippen LogP contribution in [-0.4, -0.2) is 0 Å². The van der Waals surface area contributed by atoms with Gasteiger partial charge in [-0.05, 0) is 44.2 Å². The normalized spacial score (nSPS) is 13.2. The molecule has 0 fully saturated rings. The molecule has 2 aliphatic rings. The predicted octanol–water partition coefficient (Wildman–Crippen LogP) is 2.07. The van der Waals surface area contributed by atoms with E-state index in [-0.39, 0.29) is 56.9 Å². The summed E-state index contributed by atoms with van der Waals surface area (Å²) < 4.78 is 0. The summed E-state index contributed by atoms with van der Waals surface area (Å²) in [4.78, 5) is 0. The van der Waals surface area contributed by atoms with Gasteiger partial charge in [-0.3, -0.25) is 0 Å². The molecule has 0 heterocycles. The fraction of sp³-hybridized carbons (Fsp3) is 0.0244. The van der Waals surface area contributed by atoms with Crippen molar-refractivity contribution in [3.05, 3.63) is 206 Å². The van der Waals surface area contributed by atoms with Crippen molar-refractivity contribution in [3.8, 4) is 11.1 Å². The molecule has 44 heavy (non-hydrogen) atoms. The van der Waals surface area contributed by atoms with Crippen LogP contribution in [0.3, 0.4) is 0 Å². The third-order valence-corrected chi connectivity index (χ3v) is 8.44. The van der Waals surface area contributed by atoms with E-state index in [4.69, 9.17) is 0 Å². The van der Waals surface area contributed by atoms with E-state index in [1.165, 1.54) is 71.0 Å². The molecule has 2 aliphatic carbocycles. The molecule has 1 unspecified atom stereocenters. The minimum absolute atomic E-state index is 0. The molecule has 0 N–H and O–H groups in total. The van der Waals surface area contributed by atoms with Gasteiger partial charge in [-0.15, -0.1) is 33.4 Å². The standard InChI is InChI=1S/C41H27.2ClH.Zr/c1-4-13-28(14-5-1)32-21-12-22-34-35(32)23-25-37(34)41-38(26-24-36-33-20-11-10-19-31(33)27-39(36)41)40(29-15-6-2-7-16-29)30-17-8-3-9-18-30;;;/h1-26,37H;2*1H;/q-1;;;+3/p-2. The van der Waals surface area contributed by atoms with Crippen LogP contribution in [0.4, 0.5) is 0 Å². The van der Waals surface area contributed by atoms with Crippen molar-refractivity contribution < 1.29 is 51.0 Å². The minimum atomic E-state index is 0. The van der Waals surface area contributed by atoms with E-state index in [0.29, 0.717) is 0 Å². The monoisotopic (exact) mass is 679 g/mol. The van der Waals surface area contributed by atoms with Gasteiger partial charge >= 0.3 is 26.2 Å². The average molecular weight is 682 g/mol. The van der Waals surface area contributed by atoms with Crippen molar-refractivity contribution in [1.82, 2.24) is 0 Å². The largest absolute Gasteiger partial charge is 3.00 e. The van der Waals surface area contributed by atoms with E-state index in [2.05, 4.69) is 164 Å². The summed E-state index contributed by atoms with van der Waals surface area (Å²) in [7, 11) is 0. The topological polar surface area (TPSA) is 0 Å². The van der Waals surface area contributed by atoms with Gasteiger partial charge in [0.1, 0.15) is 0 Å². The average Bonchev–Trinajstić information content (AvgIpc) is 3.64. The summed E-state index contributed by atoms with van der Waals surface area (Å²) in [6, 6.07) is 52.4. The van der Waals surface area contributed by atoms with Crippen LogP contribution >= 0.6 is 0 Å². The number of hydrogen-bond acceptors (Lipinski definition) is 0. The second-order valence-corrected chi connectivity index (χ2v) is 10.7. The first kappa shape index (κ1) is 31.7. The number of halogens is 2. The molecule has 6 aromatic carbocycles. The molecule has 1 radical (unpaired) electrons. The third-order valence-electron chi connectivity index (χ3n) is 8.44. The van der Waals surface area contributed by atoms with Crippen LogP contribution in [0.1, 0.15) is 39.3 Å². The van der Waals surface area contributed by atoms with Crippen LogP contribution in [0.5, 0.6) is 0 Å². The number of hydrogen-bond donors (Lipinski definition) is 0. The zero-order valence-corrected chi connectivity index (χ0v) is 27.8. The van der Waals surface area contributed by atoms with Crippen LogP contribution in [-0.2, 0) is 26.2 Å². The Morgan fingerprint density at radius 1 is 0.545 bits per heavy atom. The van der Waals surface area contributed by atoms with Crippen molar-refractivity contribution in [3.63, 3.8) is 0 Å². The van der Waals surface area contributed by atoms with Gasteiger partial charge in [0, 0.05) is 5.92 Å². The molecule has 3 heteroatoms. The number of benzene rings is 6. The molecule has 1 atom stereocenters. The first-order valence-corrected chi connectivity index (χ1v) is 14.2. The molecular weight excluding hydrogens is 655 g/mol. The van der Waals surface area contributed by atoms with Crippen molar-refractivity contribution in [2.75, 3.05) is 0 Å². The van der Waals surface area contributed by atoms with Gasteiger partial charge in [-0.1, -0.05) is 157 Å². The Morgan fingerprint density at radius 2 is 1.16 bits per heavy atom. The van der Waals surface area contributed by atoms with E-state index >= 15 is 0 Å². The molecule has 8 rings (SSSR count). The third kappa shape index (κ3) is 5.39. The summed E-state index contributed by atoms with van der Waals surface area (Å²) in [6.07, 6.45) is 8.58. The maximum atomic E-state index is 3.85. The first-order valence-electron chi connectivity index (χ1n) is 14.2. The van der Waals surface area contributed by atoms with E-state index in [0.717, 1.165) is 0 Å². The summed E-state index contributed by atoms with van der Waals surface area (Å²) in [5.41, 5.74) is 11.4. The van der Waals surface area contributed by atoms with Crippen LogP contribution in [0.2, 0.25) is 0 Å². The van der Waals surface area contributed by atoms with Crippen molar-refractivity contribution in [1.29, 1.82) is 0 Å². The molecule has 0 amide bonds. The fourth-order valence-corrected chi connectivity index (χ4v) is 6.63. The summed E-state index contributed by atoms with van der Waals surface area (Å²) in [6.45, 7) is 0. The molecule has 0 aliphatic heterocycles. The van der Waals surface area contributed by atoms with Crippen LogP contribution < -0.4 is 35.3 Å². The van der Waals surface area contributed by atoms with E-state index in [9.17, 15) is 0 Å². The molecule has 0 spiro atoms. The van der Waals surface area contributed by atoms with Gasteiger partial charge in [-0.2, -0.15) is 0 Å². The summed E-state index contributed by atoms with van der Waals surface area (Å²) in [5.74, 6) is 0.114. The molecular formula is C41H27Cl2Zr. The van der Waals surface area contributed by atoms with Crippen molar-refractivity contribution in [2.24, 2.45) is 0 Å². The van der Waals surface area contributed by atoms with E-state index in [1.54, 1.807) is 0 Å². The molecule has 0 bridgehead atoms. The van der Waals surface area contributed by atoms with Crippen LogP contribution in [0.15, 0.2) is 152 Å². The molecule has 209 valence electrons. The number of allylic oxidation sites excluding steroid dienone is 1. The first-order chi connectivity index (χ1) is 20.4. The van der Waals surface area contributed by atoms with Gasteiger partial charge in [0.05, 0.1) is 0 Å². The molecule has 0 saturated carbocycles. The molecule has 6 aromatic rings. The van der Waals surface area contributed by atoms with Gasteiger partial charge in [0.15, 0.2) is 0 Å². The maximum Gasteiger partial charge on any atom is 3.00 e. The minimum Gasteiger partial charge on any atom is -1.00 e. The van der Waals surface area contributed by atoms with Gasteiger partial charge in [0.25, 0.3) is 0 Å². The molecule has 0 aromatic heterocycles. The Hall–Kier alpha value is -3.74. The predicted molar refractivity (Wildman–Crippen MR) is 170 cm³/mol.